The third-order valence-corrected chi connectivity index (χ3v) is 3.67. The van der Waals surface area contributed by atoms with Crippen LogP contribution in [0.15, 0.2) is 29.4 Å². The van der Waals surface area contributed by atoms with Gasteiger partial charge in [-0.25, -0.2) is 0 Å². The zero-order chi connectivity index (χ0) is 16.7. The highest BCUT2D eigenvalue weighted by molar-refractivity contribution is 5.89. The molecule has 124 valence electrons. The van der Waals surface area contributed by atoms with Crippen LogP contribution in [-0.4, -0.2) is 30.8 Å². The second kappa shape index (κ2) is 7.82. The van der Waals surface area contributed by atoms with Crippen molar-refractivity contribution in [3.8, 4) is 0 Å². The Kier molecular flexibility index (Phi) is 5.81. The molecular weight excluding hydrogens is 300 g/mol. The minimum atomic E-state index is -1.30. The summed E-state index contributed by atoms with van der Waals surface area (Å²) in [6, 6.07) is 7.25. The third-order valence-electron chi connectivity index (χ3n) is 3.67. The molecule has 0 aromatic heterocycles. The van der Waals surface area contributed by atoms with Crippen molar-refractivity contribution in [1.82, 2.24) is 0 Å². The fraction of sp³-hybridized carbons (Fsp3) is 0.500. The molecule has 0 saturated carbocycles. The minimum Gasteiger partial charge on any atom is -0.433 e. The number of benzene rings is 1. The van der Waals surface area contributed by atoms with Gasteiger partial charge in [0.25, 0.3) is 0 Å². The fourth-order valence-corrected chi connectivity index (χ4v) is 2.45. The van der Waals surface area contributed by atoms with Crippen molar-refractivity contribution < 1.29 is 19.1 Å². The normalized spacial score (nSPS) is 16.4. The van der Waals surface area contributed by atoms with Crippen LogP contribution in [0.5, 0.6) is 0 Å². The van der Waals surface area contributed by atoms with Crippen molar-refractivity contribution in [2.45, 2.75) is 38.3 Å². The lowest BCUT2D eigenvalue weighted by molar-refractivity contribution is -0.168. The van der Waals surface area contributed by atoms with E-state index in [9.17, 15) is 14.5 Å². The number of carbonyl (C=O) groups is 2. The highest BCUT2D eigenvalue weighted by atomic mass is 16.6. The van der Waals surface area contributed by atoms with E-state index in [1.807, 2.05) is 12.1 Å². The van der Waals surface area contributed by atoms with Crippen molar-refractivity contribution in [2.75, 3.05) is 18.5 Å². The summed E-state index contributed by atoms with van der Waals surface area (Å²) in [7, 11) is 0. The van der Waals surface area contributed by atoms with Crippen LogP contribution < -0.4 is 5.32 Å². The molecule has 0 spiro atoms. The van der Waals surface area contributed by atoms with Crippen LogP contribution in [0.3, 0.4) is 0 Å². The largest absolute Gasteiger partial charge is 0.433 e. The van der Waals surface area contributed by atoms with Crippen molar-refractivity contribution in [2.24, 2.45) is 5.18 Å². The standard InChI is InChI=1S/C16H20N2O5/c1-12(19)17-14-5-3-2-4-13(14)6-7-15(20)23-16(18-21)8-10-22-11-9-16/h2-5H,6-11H2,1H3,(H,17,19). The Morgan fingerprint density at radius 1 is 1.30 bits per heavy atom. The maximum Gasteiger partial charge on any atom is 0.308 e. The SMILES string of the molecule is CC(=O)Nc1ccccc1CCC(=O)OC1(N=O)CCOCC1. The molecule has 1 aromatic rings. The average molecular weight is 320 g/mol. The Morgan fingerprint density at radius 3 is 2.65 bits per heavy atom. The number of rotatable bonds is 6. The van der Waals surface area contributed by atoms with Crippen LogP contribution >= 0.6 is 0 Å². The second-order valence-electron chi connectivity index (χ2n) is 5.46. The molecule has 0 aliphatic carbocycles. The van der Waals surface area contributed by atoms with E-state index in [1.165, 1.54) is 6.92 Å². The monoisotopic (exact) mass is 320 g/mol. The first-order valence-corrected chi connectivity index (χ1v) is 7.54. The summed E-state index contributed by atoms with van der Waals surface area (Å²) in [5.41, 5.74) is 0.203. The predicted molar refractivity (Wildman–Crippen MR) is 83.7 cm³/mol. The molecule has 1 aromatic carbocycles. The Labute approximate surface area is 134 Å². The summed E-state index contributed by atoms with van der Waals surface area (Å²) in [5.74, 6) is -0.657. The molecule has 7 heteroatoms. The Morgan fingerprint density at radius 2 is 2.00 bits per heavy atom. The first-order chi connectivity index (χ1) is 11.0. The van der Waals surface area contributed by atoms with E-state index in [-0.39, 0.29) is 25.2 Å². The number of aryl methyl sites for hydroxylation is 1. The summed E-state index contributed by atoms with van der Waals surface area (Å²) in [6.07, 6.45) is 1.07. The van der Waals surface area contributed by atoms with Gasteiger partial charge in [-0.3, -0.25) is 9.59 Å². The Bertz CT molecular complexity index is 582. The summed E-state index contributed by atoms with van der Waals surface area (Å²) < 4.78 is 10.4. The Balaban J connectivity index is 1.94. The molecule has 7 nitrogen and oxygen atoms in total. The van der Waals surface area contributed by atoms with Gasteiger partial charge in [-0.05, 0) is 23.2 Å². The molecule has 0 radical (unpaired) electrons. The van der Waals surface area contributed by atoms with E-state index in [0.717, 1.165) is 5.56 Å². The lowest BCUT2D eigenvalue weighted by Gasteiger charge is -2.29. The molecule has 2 rings (SSSR count). The number of nitroso groups, excluding NO2 is 1. The van der Waals surface area contributed by atoms with E-state index in [0.29, 0.717) is 25.3 Å². The quantitative estimate of drug-likeness (QED) is 0.641. The minimum absolute atomic E-state index is 0.106. The van der Waals surface area contributed by atoms with Crippen LogP contribution in [0.2, 0.25) is 0 Å². The van der Waals surface area contributed by atoms with E-state index >= 15 is 0 Å². The number of ether oxygens (including phenoxy) is 2. The van der Waals surface area contributed by atoms with Gasteiger partial charge in [0.15, 0.2) is 0 Å². The Hall–Kier alpha value is -2.28. The van der Waals surface area contributed by atoms with E-state index in [4.69, 9.17) is 9.47 Å². The van der Waals surface area contributed by atoms with Crippen LogP contribution in [0.4, 0.5) is 5.69 Å². The van der Waals surface area contributed by atoms with E-state index in [2.05, 4.69) is 10.5 Å². The van der Waals surface area contributed by atoms with Crippen molar-refractivity contribution >= 4 is 17.6 Å². The molecule has 0 unspecified atom stereocenters. The topological polar surface area (TPSA) is 94.1 Å². The van der Waals surface area contributed by atoms with Gasteiger partial charge in [-0.15, -0.1) is 4.91 Å². The number of nitrogens with zero attached hydrogens (tertiary/aromatic N) is 1. The maximum absolute atomic E-state index is 12.0. The van der Waals surface area contributed by atoms with Gasteiger partial charge in [0, 0.05) is 31.9 Å². The van der Waals surface area contributed by atoms with Gasteiger partial charge >= 0.3 is 5.97 Å². The maximum atomic E-state index is 12.0. The molecule has 0 atom stereocenters. The number of para-hydroxylation sites is 1. The van der Waals surface area contributed by atoms with Gasteiger partial charge in [-0.2, -0.15) is 0 Å². The van der Waals surface area contributed by atoms with Gasteiger partial charge in [-0.1, -0.05) is 18.2 Å². The molecule has 1 N–H and O–H groups in total. The molecule has 1 saturated heterocycles. The summed E-state index contributed by atoms with van der Waals surface area (Å²) in [4.78, 5) is 34.3. The number of anilines is 1. The summed E-state index contributed by atoms with van der Waals surface area (Å²) in [6.45, 7) is 2.13. The second-order valence-corrected chi connectivity index (χ2v) is 5.46. The first-order valence-electron chi connectivity index (χ1n) is 7.54. The number of esters is 1. The summed E-state index contributed by atoms with van der Waals surface area (Å²) in [5, 5.41) is 5.72. The molecule has 1 amide bonds. The number of nitrogens with one attached hydrogen (secondary N) is 1. The van der Waals surface area contributed by atoms with Crippen LogP contribution in [-0.2, 0) is 25.5 Å². The summed E-state index contributed by atoms with van der Waals surface area (Å²) >= 11 is 0. The predicted octanol–water partition coefficient (Wildman–Crippen LogP) is 2.39. The number of hydrogen-bond donors (Lipinski definition) is 1. The van der Waals surface area contributed by atoms with Gasteiger partial charge in [0.2, 0.25) is 11.6 Å². The molecular formula is C16H20N2O5. The smallest absolute Gasteiger partial charge is 0.308 e. The van der Waals surface area contributed by atoms with Crippen molar-refractivity contribution in [3.05, 3.63) is 34.7 Å². The zero-order valence-corrected chi connectivity index (χ0v) is 13.0. The van der Waals surface area contributed by atoms with Crippen LogP contribution in [0.25, 0.3) is 0 Å². The lowest BCUT2D eigenvalue weighted by Crippen LogP contribution is -2.38. The van der Waals surface area contributed by atoms with Gasteiger partial charge < -0.3 is 14.8 Å². The highest BCUT2D eigenvalue weighted by Crippen LogP contribution is 2.27. The first kappa shape index (κ1) is 17.1. The molecule has 23 heavy (non-hydrogen) atoms. The molecule has 1 aliphatic rings. The van der Waals surface area contributed by atoms with Crippen molar-refractivity contribution in [1.29, 1.82) is 0 Å². The average Bonchev–Trinajstić information content (AvgIpc) is 2.54. The number of hydrogen-bond acceptors (Lipinski definition) is 6. The third kappa shape index (κ3) is 4.85. The molecule has 1 fully saturated rings. The van der Waals surface area contributed by atoms with Crippen LogP contribution in [0.1, 0.15) is 31.7 Å². The van der Waals surface area contributed by atoms with Crippen molar-refractivity contribution in [3.63, 3.8) is 0 Å². The van der Waals surface area contributed by atoms with E-state index < -0.39 is 11.7 Å². The molecule has 0 bridgehead atoms. The van der Waals surface area contributed by atoms with Crippen LogP contribution in [0, 0.1) is 4.91 Å². The number of carbonyl (C=O) groups excluding carboxylic acids is 2. The van der Waals surface area contributed by atoms with Gasteiger partial charge in [0.1, 0.15) is 0 Å². The van der Waals surface area contributed by atoms with E-state index in [1.54, 1.807) is 12.1 Å². The zero-order valence-electron chi connectivity index (χ0n) is 13.0. The highest BCUT2D eigenvalue weighted by Gasteiger charge is 2.38. The number of amides is 1. The fourth-order valence-electron chi connectivity index (χ4n) is 2.45. The van der Waals surface area contributed by atoms with Gasteiger partial charge in [0.05, 0.1) is 13.2 Å². The lowest BCUT2D eigenvalue weighted by atomic mass is 10.0. The molecule has 1 heterocycles. The molecule has 1 aliphatic heterocycles.